The Labute approximate surface area is 141 Å². The van der Waals surface area contributed by atoms with Crippen LogP contribution in [0.25, 0.3) is 0 Å². The minimum absolute atomic E-state index is 0.290. The lowest BCUT2D eigenvalue weighted by molar-refractivity contribution is 0.275. The third-order valence-electron chi connectivity index (χ3n) is 3.18. The Hall–Kier alpha value is -2.76. The maximum atomic E-state index is 12.9. The quantitative estimate of drug-likeness (QED) is 0.585. The van der Waals surface area contributed by atoms with Gasteiger partial charge in [0.05, 0.1) is 32.7 Å². The van der Waals surface area contributed by atoms with Crippen molar-refractivity contribution in [2.45, 2.75) is 13.3 Å². The zero-order valence-corrected chi connectivity index (χ0v) is 14.0. The van der Waals surface area contributed by atoms with Gasteiger partial charge < -0.3 is 14.2 Å². The standard InChI is InChI=1S/C18H21FN2O3/c1-4-9-24-18-16(22-2)10-13(11-17(18)23-3)12-20-21-15-7-5-14(19)6-8-15/h5-8,10-12,21H,4,9H2,1-3H3/b20-12+. The predicted octanol–water partition coefficient (Wildman–Crippen LogP) is 4.08. The number of halogens is 1. The molecular weight excluding hydrogens is 311 g/mol. The van der Waals surface area contributed by atoms with Crippen molar-refractivity contribution in [3.05, 3.63) is 47.8 Å². The Morgan fingerprint density at radius 3 is 2.25 bits per heavy atom. The van der Waals surface area contributed by atoms with Crippen LogP contribution in [0.4, 0.5) is 10.1 Å². The van der Waals surface area contributed by atoms with E-state index in [1.165, 1.54) is 12.1 Å². The van der Waals surface area contributed by atoms with Gasteiger partial charge in [-0.1, -0.05) is 6.92 Å². The molecule has 2 aromatic rings. The predicted molar refractivity (Wildman–Crippen MR) is 92.9 cm³/mol. The van der Waals surface area contributed by atoms with Gasteiger partial charge in [0.25, 0.3) is 0 Å². The summed E-state index contributed by atoms with van der Waals surface area (Å²) >= 11 is 0. The van der Waals surface area contributed by atoms with Gasteiger partial charge in [-0.3, -0.25) is 5.43 Å². The summed E-state index contributed by atoms with van der Waals surface area (Å²) in [5, 5.41) is 4.13. The largest absolute Gasteiger partial charge is 0.493 e. The zero-order chi connectivity index (χ0) is 17.4. The molecule has 24 heavy (non-hydrogen) atoms. The molecule has 6 heteroatoms. The van der Waals surface area contributed by atoms with Crippen molar-refractivity contribution in [1.29, 1.82) is 0 Å². The monoisotopic (exact) mass is 332 g/mol. The van der Waals surface area contributed by atoms with Gasteiger partial charge in [-0.05, 0) is 42.8 Å². The summed E-state index contributed by atoms with van der Waals surface area (Å²) in [4.78, 5) is 0. The number of rotatable bonds is 8. The average Bonchev–Trinajstić information content (AvgIpc) is 2.61. The number of methoxy groups -OCH3 is 2. The van der Waals surface area contributed by atoms with E-state index in [1.807, 2.05) is 19.1 Å². The lowest BCUT2D eigenvalue weighted by atomic mass is 10.2. The third-order valence-corrected chi connectivity index (χ3v) is 3.18. The highest BCUT2D eigenvalue weighted by atomic mass is 19.1. The number of hydrazone groups is 1. The molecule has 5 nitrogen and oxygen atoms in total. The van der Waals surface area contributed by atoms with Crippen LogP contribution >= 0.6 is 0 Å². The molecule has 0 radical (unpaired) electrons. The van der Waals surface area contributed by atoms with Crippen LogP contribution in [0.3, 0.4) is 0 Å². The summed E-state index contributed by atoms with van der Waals surface area (Å²) in [6, 6.07) is 9.56. The molecule has 0 saturated carbocycles. The smallest absolute Gasteiger partial charge is 0.203 e. The Kier molecular flexibility index (Phi) is 6.42. The topological polar surface area (TPSA) is 52.1 Å². The fourth-order valence-electron chi connectivity index (χ4n) is 2.03. The first-order valence-corrected chi connectivity index (χ1v) is 7.61. The van der Waals surface area contributed by atoms with Crippen LogP contribution in [0.2, 0.25) is 0 Å². The Morgan fingerprint density at radius 2 is 1.71 bits per heavy atom. The van der Waals surface area contributed by atoms with Crippen molar-refractivity contribution in [3.63, 3.8) is 0 Å². The van der Waals surface area contributed by atoms with E-state index < -0.39 is 0 Å². The molecule has 0 aromatic heterocycles. The van der Waals surface area contributed by atoms with Crippen molar-refractivity contribution in [1.82, 2.24) is 0 Å². The number of nitrogens with one attached hydrogen (secondary N) is 1. The van der Waals surface area contributed by atoms with Gasteiger partial charge in [-0.15, -0.1) is 0 Å². The second-order valence-corrected chi connectivity index (χ2v) is 4.98. The number of benzene rings is 2. The maximum Gasteiger partial charge on any atom is 0.203 e. The van der Waals surface area contributed by atoms with Crippen LogP contribution in [0, 0.1) is 5.82 Å². The molecule has 2 aromatic carbocycles. The molecule has 0 unspecified atom stereocenters. The molecule has 0 aliphatic heterocycles. The van der Waals surface area contributed by atoms with Crippen LogP contribution in [0.5, 0.6) is 17.2 Å². The molecule has 0 saturated heterocycles. The number of nitrogens with zero attached hydrogens (tertiary/aromatic N) is 1. The number of anilines is 1. The van der Waals surface area contributed by atoms with E-state index in [9.17, 15) is 4.39 Å². The molecule has 0 fully saturated rings. The summed E-state index contributed by atoms with van der Waals surface area (Å²) in [6.45, 7) is 2.60. The first-order valence-electron chi connectivity index (χ1n) is 7.61. The molecule has 2 rings (SSSR count). The van der Waals surface area contributed by atoms with E-state index in [0.717, 1.165) is 12.0 Å². The van der Waals surface area contributed by atoms with Gasteiger partial charge >= 0.3 is 0 Å². The van der Waals surface area contributed by atoms with Crippen LogP contribution < -0.4 is 19.6 Å². The van der Waals surface area contributed by atoms with E-state index >= 15 is 0 Å². The highest BCUT2D eigenvalue weighted by molar-refractivity contribution is 5.83. The maximum absolute atomic E-state index is 12.9. The summed E-state index contributed by atoms with van der Waals surface area (Å²) in [5.41, 5.74) is 4.30. The third kappa shape index (κ3) is 4.62. The van der Waals surface area contributed by atoms with Crippen molar-refractivity contribution in [2.75, 3.05) is 26.3 Å². The minimum Gasteiger partial charge on any atom is -0.493 e. The minimum atomic E-state index is -0.290. The lowest BCUT2D eigenvalue weighted by Gasteiger charge is -2.14. The summed E-state index contributed by atoms with van der Waals surface area (Å²) in [6.07, 6.45) is 2.51. The summed E-state index contributed by atoms with van der Waals surface area (Å²) in [7, 11) is 3.15. The van der Waals surface area contributed by atoms with Crippen LogP contribution in [0.1, 0.15) is 18.9 Å². The van der Waals surface area contributed by atoms with E-state index in [1.54, 1.807) is 32.6 Å². The Bertz CT molecular complexity index is 662. The molecular formula is C18H21FN2O3. The summed E-state index contributed by atoms with van der Waals surface area (Å²) < 4.78 is 29.3. The number of hydrogen-bond acceptors (Lipinski definition) is 5. The van der Waals surface area contributed by atoms with Gasteiger partial charge in [0.15, 0.2) is 11.5 Å². The van der Waals surface area contributed by atoms with Gasteiger partial charge in [0.1, 0.15) is 5.82 Å². The van der Waals surface area contributed by atoms with Crippen molar-refractivity contribution in [2.24, 2.45) is 5.10 Å². The first kappa shape index (κ1) is 17.6. The molecule has 0 spiro atoms. The molecule has 0 aliphatic rings. The molecule has 0 atom stereocenters. The van der Waals surface area contributed by atoms with Crippen molar-refractivity contribution < 1.29 is 18.6 Å². The SMILES string of the molecule is CCCOc1c(OC)cc(/C=N/Nc2ccc(F)cc2)cc1OC. The van der Waals surface area contributed by atoms with Crippen molar-refractivity contribution in [3.8, 4) is 17.2 Å². The Morgan fingerprint density at radius 1 is 1.08 bits per heavy atom. The van der Waals surface area contributed by atoms with Crippen LogP contribution in [0.15, 0.2) is 41.5 Å². The van der Waals surface area contributed by atoms with E-state index in [0.29, 0.717) is 29.5 Å². The molecule has 1 N–H and O–H groups in total. The van der Waals surface area contributed by atoms with E-state index in [2.05, 4.69) is 10.5 Å². The van der Waals surface area contributed by atoms with E-state index in [4.69, 9.17) is 14.2 Å². The molecule has 0 aliphatic carbocycles. The normalized spacial score (nSPS) is 10.7. The fraction of sp³-hybridized carbons (Fsp3) is 0.278. The van der Waals surface area contributed by atoms with Crippen LogP contribution in [-0.2, 0) is 0 Å². The fourth-order valence-corrected chi connectivity index (χ4v) is 2.03. The molecule has 0 bridgehead atoms. The van der Waals surface area contributed by atoms with Crippen LogP contribution in [-0.4, -0.2) is 27.0 Å². The molecule has 0 heterocycles. The number of ether oxygens (including phenoxy) is 3. The van der Waals surface area contributed by atoms with Gasteiger partial charge in [-0.25, -0.2) is 4.39 Å². The van der Waals surface area contributed by atoms with Gasteiger partial charge in [0, 0.05) is 5.56 Å². The highest BCUT2D eigenvalue weighted by Crippen LogP contribution is 2.38. The Balaban J connectivity index is 2.17. The van der Waals surface area contributed by atoms with Gasteiger partial charge in [0.2, 0.25) is 5.75 Å². The average molecular weight is 332 g/mol. The molecule has 128 valence electrons. The number of hydrogen-bond donors (Lipinski definition) is 1. The highest BCUT2D eigenvalue weighted by Gasteiger charge is 2.13. The van der Waals surface area contributed by atoms with E-state index in [-0.39, 0.29) is 5.82 Å². The molecule has 0 amide bonds. The van der Waals surface area contributed by atoms with Crippen molar-refractivity contribution >= 4 is 11.9 Å². The first-order chi connectivity index (χ1) is 11.7. The second kappa shape index (κ2) is 8.76. The zero-order valence-electron chi connectivity index (χ0n) is 14.0. The van der Waals surface area contributed by atoms with Gasteiger partial charge in [-0.2, -0.15) is 5.10 Å². The lowest BCUT2D eigenvalue weighted by Crippen LogP contribution is -2.01. The summed E-state index contributed by atoms with van der Waals surface area (Å²) in [5.74, 6) is 1.43. The second-order valence-electron chi connectivity index (χ2n) is 4.98.